The van der Waals surface area contributed by atoms with Crippen LogP contribution in [-0.2, 0) is 0 Å². The minimum absolute atomic E-state index is 0.314. The lowest BCUT2D eigenvalue weighted by Crippen LogP contribution is -2.23. The van der Waals surface area contributed by atoms with Crippen LogP contribution in [0.1, 0.15) is 6.42 Å². The lowest BCUT2D eigenvalue weighted by atomic mass is 10.3. The third-order valence-corrected chi connectivity index (χ3v) is 3.73. The molecule has 132 valence electrons. The number of benzene rings is 2. The number of nitrogens with one attached hydrogen (secondary N) is 1. The second kappa shape index (κ2) is 8.48. The van der Waals surface area contributed by atoms with Gasteiger partial charge in [-0.15, -0.1) is 0 Å². The molecule has 1 aliphatic heterocycles. The summed E-state index contributed by atoms with van der Waals surface area (Å²) in [6.07, 6.45) is 0.870. The fourth-order valence-corrected chi connectivity index (χ4v) is 2.41. The molecule has 1 aliphatic rings. The van der Waals surface area contributed by atoms with E-state index in [-0.39, 0.29) is 0 Å². The van der Waals surface area contributed by atoms with Crippen molar-refractivity contribution in [2.75, 3.05) is 31.7 Å². The molecular weight excluding hydrogens is 342 g/mol. The summed E-state index contributed by atoms with van der Waals surface area (Å²) >= 11 is 5.83. The Kier molecular flexibility index (Phi) is 5.85. The van der Waals surface area contributed by atoms with Crippen molar-refractivity contribution >= 4 is 23.2 Å². The number of halogens is 1. The van der Waals surface area contributed by atoms with Crippen LogP contribution in [0.5, 0.6) is 17.2 Å². The quantitative estimate of drug-likeness (QED) is 0.485. The summed E-state index contributed by atoms with van der Waals surface area (Å²) in [5.41, 5.74) is 6.70. The molecule has 3 N–H and O–H groups in total. The van der Waals surface area contributed by atoms with Gasteiger partial charge in [0.1, 0.15) is 12.4 Å². The van der Waals surface area contributed by atoms with Crippen LogP contribution in [0.15, 0.2) is 47.5 Å². The van der Waals surface area contributed by atoms with E-state index in [2.05, 4.69) is 10.3 Å². The van der Waals surface area contributed by atoms with E-state index in [1.54, 1.807) is 12.1 Å². The summed E-state index contributed by atoms with van der Waals surface area (Å²) in [6, 6.07) is 12.8. The Bertz CT molecular complexity index is 735. The summed E-state index contributed by atoms with van der Waals surface area (Å²) in [5.74, 6) is 2.51. The molecule has 0 aromatic heterocycles. The number of rotatable bonds is 5. The number of hydrogen-bond acceptors (Lipinski definition) is 4. The molecule has 0 atom stereocenters. The average molecular weight is 362 g/mol. The molecule has 25 heavy (non-hydrogen) atoms. The molecule has 0 saturated carbocycles. The van der Waals surface area contributed by atoms with Gasteiger partial charge in [-0.1, -0.05) is 11.6 Å². The zero-order chi connectivity index (χ0) is 17.5. The first-order chi connectivity index (χ1) is 12.2. The van der Waals surface area contributed by atoms with Crippen molar-refractivity contribution in [3.05, 3.63) is 47.5 Å². The van der Waals surface area contributed by atoms with Crippen molar-refractivity contribution in [3.63, 3.8) is 0 Å². The zero-order valence-corrected chi connectivity index (χ0v) is 14.5. The third kappa shape index (κ3) is 5.19. The number of nitrogens with two attached hydrogens (primary N) is 1. The molecule has 0 amide bonds. The van der Waals surface area contributed by atoms with Crippen LogP contribution in [0.25, 0.3) is 0 Å². The first-order valence-electron chi connectivity index (χ1n) is 8.06. The minimum Gasteiger partial charge on any atom is -0.492 e. The molecule has 0 saturated heterocycles. The highest BCUT2D eigenvalue weighted by atomic mass is 35.5. The molecule has 0 aliphatic carbocycles. The summed E-state index contributed by atoms with van der Waals surface area (Å²) in [5, 5.41) is 3.71. The number of hydrogen-bond donors (Lipinski definition) is 2. The topological polar surface area (TPSA) is 78.1 Å². The Morgan fingerprint density at radius 2 is 1.88 bits per heavy atom. The van der Waals surface area contributed by atoms with Crippen LogP contribution in [0.4, 0.5) is 5.69 Å². The smallest absolute Gasteiger partial charge is 0.193 e. The van der Waals surface area contributed by atoms with Crippen LogP contribution in [0, 0.1) is 0 Å². The van der Waals surface area contributed by atoms with Crippen molar-refractivity contribution in [1.29, 1.82) is 0 Å². The van der Waals surface area contributed by atoms with Crippen LogP contribution in [0.2, 0.25) is 5.02 Å². The normalized spacial score (nSPS) is 13.9. The van der Waals surface area contributed by atoms with Gasteiger partial charge < -0.3 is 25.3 Å². The number of fused-ring (bicyclic) bond motifs is 1. The van der Waals surface area contributed by atoms with Gasteiger partial charge in [-0.25, -0.2) is 4.99 Å². The van der Waals surface area contributed by atoms with Gasteiger partial charge in [0.2, 0.25) is 0 Å². The minimum atomic E-state index is 0.314. The second-order valence-electron chi connectivity index (χ2n) is 5.41. The molecule has 6 nitrogen and oxygen atoms in total. The predicted molar refractivity (Wildman–Crippen MR) is 99.1 cm³/mol. The van der Waals surface area contributed by atoms with Crippen LogP contribution < -0.4 is 25.3 Å². The van der Waals surface area contributed by atoms with E-state index in [9.17, 15) is 0 Å². The van der Waals surface area contributed by atoms with Gasteiger partial charge in [-0.05, 0) is 36.4 Å². The van der Waals surface area contributed by atoms with Crippen molar-refractivity contribution < 1.29 is 14.2 Å². The third-order valence-electron chi connectivity index (χ3n) is 3.48. The summed E-state index contributed by atoms with van der Waals surface area (Å²) in [4.78, 5) is 4.24. The Labute approximate surface area is 151 Å². The SMILES string of the molecule is NC(=NCCOc1ccc(Cl)cc1)Nc1ccc2c(c1)OCCCO2. The van der Waals surface area contributed by atoms with Crippen molar-refractivity contribution in [1.82, 2.24) is 0 Å². The fourth-order valence-electron chi connectivity index (χ4n) is 2.29. The average Bonchev–Trinajstić information content (AvgIpc) is 2.85. The number of anilines is 1. The number of aliphatic imine (C=N–C) groups is 1. The van der Waals surface area contributed by atoms with E-state index < -0.39 is 0 Å². The van der Waals surface area contributed by atoms with Gasteiger partial charge in [0.25, 0.3) is 0 Å². The lowest BCUT2D eigenvalue weighted by Gasteiger charge is -2.11. The van der Waals surface area contributed by atoms with E-state index in [0.29, 0.717) is 43.1 Å². The Hall–Kier alpha value is -2.60. The molecule has 0 unspecified atom stereocenters. The van der Waals surface area contributed by atoms with E-state index in [0.717, 1.165) is 23.6 Å². The Balaban J connectivity index is 1.49. The highest BCUT2D eigenvalue weighted by molar-refractivity contribution is 6.30. The molecule has 0 radical (unpaired) electrons. The molecule has 2 aromatic rings. The Morgan fingerprint density at radius 1 is 1.12 bits per heavy atom. The maximum absolute atomic E-state index is 5.91. The first-order valence-corrected chi connectivity index (χ1v) is 8.43. The molecule has 1 heterocycles. The molecule has 2 aromatic carbocycles. The molecule has 3 rings (SSSR count). The van der Waals surface area contributed by atoms with Gasteiger partial charge in [-0.3, -0.25) is 0 Å². The zero-order valence-electron chi connectivity index (χ0n) is 13.7. The molecule has 0 fully saturated rings. The van der Waals surface area contributed by atoms with Gasteiger partial charge in [0.05, 0.1) is 19.8 Å². The lowest BCUT2D eigenvalue weighted by molar-refractivity contribution is 0.297. The van der Waals surface area contributed by atoms with Crippen molar-refractivity contribution in [2.45, 2.75) is 6.42 Å². The number of ether oxygens (including phenoxy) is 3. The maximum Gasteiger partial charge on any atom is 0.193 e. The first kappa shape index (κ1) is 17.2. The fraction of sp³-hybridized carbons (Fsp3) is 0.278. The largest absolute Gasteiger partial charge is 0.492 e. The van der Waals surface area contributed by atoms with E-state index in [1.807, 2.05) is 30.3 Å². The van der Waals surface area contributed by atoms with Crippen LogP contribution in [0.3, 0.4) is 0 Å². The molecule has 0 bridgehead atoms. The van der Waals surface area contributed by atoms with Gasteiger partial charge in [-0.2, -0.15) is 0 Å². The summed E-state index contributed by atoms with van der Waals surface area (Å²) in [7, 11) is 0. The highest BCUT2D eigenvalue weighted by Crippen LogP contribution is 2.32. The number of nitrogens with zero attached hydrogens (tertiary/aromatic N) is 1. The summed E-state index contributed by atoms with van der Waals surface area (Å²) < 4.78 is 16.8. The highest BCUT2D eigenvalue weighted by Gasteiger charge is 2.10. The standard InChI is InChI=1S/C18H20ClN3O3/c19-13-2-5-15(6-3-13)23-11-8-21-18(20)22-14-4-7-16-17(12-14)25-10-1-9-24-16/h2-7,12H,1,8-11H2,(H3,20,21,22). The van der Waals surface area contributed by atoms with Gasteiger partial charge in [0, 0.05) is 23.2 Å². The Morgan fingerprint density at radius 3 is 2.68 bits per heavy atom. The van der Waals surface area contributed by atoms with E-state index >= 15 is 0 Å². The van der Waals surface area contributed by atoms with Gasteiger partial charge >= 0.3 is 0 Å². The second-order valence-corrected chi connectivity index (χ2v) is 5.84. The van der Waals surface area contributed by atoms with Crippen molar-refractivity contribution in [3.8, 4) is 17.2 Å². The maximum atomic E-state index is 5.91. The van der Waals surface area contributed by atoms with E-state index in [1.165, 1.54) is 0 Å². The van der Waals surface area contributed by atoms with Crippen LogP contribution in [-0.4, -0.2) is 32.3 Å². The van der Waals surface area contributed by atoms with E-state index in [4.69, 9.17) is 31.5 Å². The summed E-state index contributed by atoms with van der Waals surface area (Å²) in [6.45, 7) is 2.16. The molecule has 0 spiro atoms. The molecule has 7 heteroatoms. The number of guanidine groups is 1. The monoisotopic (exact) mass is 361 g/mol. The predicted octanol–water partition coefficient (Wildman–Crippen LogP) is 3.31. The van der Waals surface area contributed by atoms with Crippen LogP contribution >= 0.6 is 11.6 Å². The van der Waals surface area contributed by atoms with Gasteiger partial charge in [0.15, 0.2) is 17.5 Å². The van der Waals surface area contributed by atoms with Crippen molar-refractivity contribution in [2.24, 2.45) is 10.7 Å². The molecular formula is C18H20ClN3O3.